The van der Waals surface area contributed by atoms with Gasteiger partial charge in [0.05, 0.1) is 6.61 Å². The molecule has 0 bridgehead atoms. The van der Waals surface area contributed by atoms with Crippen LogP contribution in [0.1, 0.15) is 6.42 Å². The van der Waals surface area contributed by atoms with Crippen LogP contribution in [0, 0.1) is 0 Å². The van der Waals surface area contributed by atoms with Crippen LogP contribution in [0.25, 0.3) is 0 Å². The SMILES string of the molecule is COCCNC(=O)CC(N)=O. The first-order valence-corrected chi connectivity index (χ1v) is 3.20. The molecular weight excluding hydrogens is 148 g/mol. The summed E-state index contributed by atoms with van der Waals surface area (Å²) in [7, 11) is 1.53. The summed E-state index contributed by atoms with van der Waals surface area (Å²) in [6.07, 6.45) is -0.260. The largest absolute Gasteiger partial charge is 0.383 e. The lowest BCUT2D eigenvalue weighted by Crippen LogP contribution is -2.30. The van der Waals surface area contributed by atoms with E-state index in [4.69, 9.17) is 5.73 Å². The predicted octanol–water partition coefficient (Wildman–Crippen LogP) is -1.38. The second-order valence-corrected chi connectivity index (χ2v) is 1.99. The molecule has 0 unspecified atom stereocenters. The first-order chi connectivity index (χ1) is 5.16. The number of carbonyl (C=O) groups excluding carboxylic acids is 2. The molecule has 0 rings (SSSR count). The maximum Gasteiger partial charge on any atom is 0.229 e. The van der Waals surface area contributed by atoms with Crippen LogP contribution >= 0.6 is 0 Å². The van der Waals surface area contributed by atoms with Crippen molar-refractivity contribution in [2.75, 3.05) is 20.3 Å². The van der Waals surface area contributed by atoms with Crippen molar-refractivity contribution in [2.45, 2.75) is 6.42 Å². The minimum atomic E-state index is -0.625. The topological polar surface area (TPSA) is 81.4 Å². The van der Waals surface area contributed by atoms with Crippen LogP contribution in [0.2, 0.25) is 0 Å². The third-order valence-electron chi connectivity index (χ3n) is 0.963. The Labute approximate surface area is 64.9 Å². The fourth-order valence-electron chi connectivity index (χ4n) is 0.513. The molecule has 0 aromatic rings. The van der Waals surface area contributed by atoms with Crippen molar-refractivity contribution in [3.63, 3.8) is 0 Å². The van der Waals surface area contributed by atoms with Gasteiger partial charge in [-0.3, -0.25) is 9.59 Å². The van der Waals surface area contributed by atoms with Gasteiger partial charge in [-0.05, 0) is 0 Å². The molecule has 0 heterocycles. The van der Waals surface area contributed by atoms with E-state index in [1.165, 1.54) is 7.11 Å². The molecule has 0 aliphatic heterocycles. The number of nitrogens with one attached hydrogen (secondary N) is 1. The number of hydrogen-bond acceptors (Lipinski definition) is 3. The molecule has 0 aromatic heterocycles. The summed E-state index contributed by atoms with van der Waals surface area (Å²) in [5, 5.41) is 2.45. The number of primary amides is 1. The van der Waals surface area contributed by atoms with Gasteiger partial charge < -0.3 is 15.8 Å². The van der Waals surface area contributed by atoms with Crippen LogP contribution in [0.4, 0.5) is 0 Å². The van der Waals surface area contributed by atoms with E-state index in [1.807, 2.05) is 0 Å². The molecule has 0 spiro atoms. The number of hydrogen-bond donors (Lipinski definition) is 2. The summed E-state index contributed by atoms with van der Waals surface area (Å²) in [6, 6.07) is 0. The highest BCUT2D eigenvalue weighted by Crippen LogP contribution is 1.75. The van der Waals surface area contributed by atoms with E-state index in [-0.39, 0.29) is 12.3 Å². The van der Waals surface area contributed by atoms with Gasteiger partial charge in [0, 0.05) is 13.7 Å². The van der Waals surface area contributed by atoms with E-state index >= 15 is 0 Å². The molecule has 0 aromatic carbocycles. The second kappa shape index (κ2) is 5.67. The van der Waals surface area contributed by atoms with Crippen molar-refractivity contribution in [3.8, 4) is 0 Å². The van der Waals surface area contributed by atoms with Gasteiger partial charge in [0.2, 0.25) is 11.8 Å². The van der Waals surface area contributed by atoms with E-state index in [1.54, 1.807) is 0 Å². The molecule has 0 atom stereocenters. The number of nitrogens with two attached hydrogens (primary N) is 1. The normalized spacial score (nSPS) is 9.18. The Balaban J connectivity index is 3.30. The van der Waals surface area contributed by atoms with Gasteiger partial charge >= 0.3 is 0 Å². The molecule has 64 valence electrons. The van der Waals surface area contributed by atoms with Crippen molar-refractivity contribution < 1.29 is 14.3 Å². The van der Waals surface area contributed by atoms with Crippen LogP contribution in [0.3, 0.4) is 0 Å². The van der Waals surface area contributed by atoms with Crippen molar-refractivity contribution in [1.29, 1.82) is 0 Å². The Morgan fingerprint density at radius 2 is 2.18 bits per heavy atom. The highest BCUT2D eigenvalue weighted by atomic mass is 16.5. The Morgan fingerprint density at radius 1 is 1.55 bits per heavy atom. The predicted molar refractivity (Wildman–Crippen MR) is 38.7 cm³/mol. The third kappa shape index (κ3) is 6.79. The zero-order chi connectivity index (χ0) is 8.69. The summed E-state index contributed by atoms with van der Waals surface area (Å²) in [6.45, 7) is 0.840. The molecule has 0 saturated carbocycles. The van der Waals surface area contributed by atoms with Crippen LogP contribution in [-0.4, -0.2) is 32.1 Å². The third-order valence-corrected chi connectivity index (χ3v) is 0.963. The smallest absolute Gasteiger partial charge is 0.229 e. The molecule has 5 nitrogen and oxygen atoms in total. The molecule has 5 heteroatoms. The number of ether oxygens (including phenoxy) is 1. The fourth-order valence-corrected chi connectivity index (χ4v) is 0.513. The van der Waals surface area contributed by atoms with Gasteiger partial charge in [-0.2, -0.15) is 0 Å². The van der Waals surface area contributed by atoms with Crippen LogP contribution in [0.15, 0.2) is 0 Å². The van der Waals surface area contributed by atoms with E-state index in [9.17, 15) is 9.59 Å². The first kappa shape index (κ1) is 9.90. The minimum absolute atomic E-state index is 0.260. The van der Waals surface area contributed by atoms with Gasteiger partial charge in [0.25, 0.3) is 0 Å². The zero-order valence-electron chi connectivity index (χ0n) is 6.42. The molecule has 2 amide bonds. The van der Waals surface area contributed by atoms with E-state index in [0.29, 0.717) is 13.2 Å². The molecule has 11 heavy (non-hydrogen) atoms. The maximum atomic E-state index is 10.7. The number of amides is 2. The molecule has 3 N–H and O–H groups in total. The zero-order valence-corrected chi connectivity index (χ0v) is 6.42. The lowest BCUT2D eigenvalue weighted by atomic mass is 10.4. The molecule has 0 aliphatic carbocycles. The van der Waals surface area contributed by atoms with Crippen molar-refractivity contribution in [3.05, 3.63) is 0 Å². The van der Waals surface area contributed by atoms with Crippen LogP contribution in [0.5, 0.6) is 0 Å². The molecular formula is C6H12N2O3. The minimum Gasteiger partial charge on any atom is -0.383 e. The van der Waals surface area contributed by atoms with E-state index in [0.717, 1.165) is 0 Å². The van der Waals surface area contributed by atoms with E-state index < -0.39 is 5.91 Å². The van der Waals surface area contributed by atoms with Gasteiger partial charge in [-0.15, -0.1) is 0 Å². The van der Waals surface area contributed by atoms with E-state index in [2.05, 4.69) is 10.1 Å². The summed E-state index contributed by atoms with van der Waals surface area (Å²) in [5.41, 5.74) is 4.77. The van der Waals surface area contributed by atoms with Gasteiger partial charge in [0.15, 0.2) is 0 Å². The number of methoxy groups -OCH3 is 1. The Morgan fingerprint density at radius 3 is 2.64 bits per heavy atom. The number of rotatable bonds is 5. The molecule has 0 fully saturated rings. The Kier molecular flexibility index (Phi) is 5.10. The molecule has 0 radical (unpaired) electrons. The van der Waals surface area contributed by atoms with Crippen molar-refractivity contribution >= 4 is 11.8 Å². The van der Waals surface area contributed by atoms with Gasteiger partial charge in [-0.25, -0.2) is 0 Å². The molecule has 0 aliphatic rings. The van der Waals surface area contributed by atoms with Crippen LogP contribution in [-0.2, 0) is 14.3 Å². The highest BCUT2D eigenvalue weighted by molar-refractivity contribution is 5.95. The summed E-state index contributed by atoms with van der Waals surface area (Å²) >= 11 is 0. The van der Waals surface area contributed by atoms with Gasteiger partial charge in [0.1, 0.15) is 6.42 Å². The average molecular weight is 160 g/mol. The van der Waals surface area contributed by atoms with Crippen molar-refractivity contribution in [2.24, 2.45) is 5.73 Å². The summed E-state index contributed by atoms with van der Waals surface area (Å²) in [5.74, 6) is -0.991. The fraction of sp³-hybridized carbons (Fsp3) is 0.667. The van der Waals surface area contributed by atoms with Crippen LogP contribution < -0.4 is 11.1 Å². The first-order valence-electron chi connectivity index (χ1n) is 3.20. The maximum absolute atomic E-state index is 10.7. The summed E-state index contributed by atoms with van der Waals surface area (Å²) in [4.78, 5) is 20.8. The Bertz CT molecular complexity index is 147. The second-order valence-electron chi connectivity index (χ2n) is 1.99. The molecule has 0 saturated heterocycles. The van der Waals surface area contributed by atoms with Crippen molar-refractivity contribution in [1.82, 2.24) is 5.32 Å². The number of carbonyl (C=O) groups is 2. The lowest BCUT2D eigenvalue weighted by molar-refractivity contribution is -0.127. The summed E-state index contributed by atoms with van der Waals surface area (Å²) < 4.78 is 4.67. The lowest BCUT2D eigenvalue weighted by Gasteiger charge is -2.01. The monoisotopic (exact) mass is 160 g/mol. The Hall–Kier alpha value is -1.10. The van der Waals surface area contributed by atoms with Gasteiger partial charge in [-0.1, -0.05) is 0 Å². The highest BCUT2D eigenvalue weighted by Gasteiger charge is 2.03. The standard InChI is InChI=1S/C6H12N2O3/c1-11-3-2-8-6(10)4-5(7)9/h2-4H2,1H3,(H2,7,9)(H,8,10). The quantitative estimate of drug-likeness (QED) is 0.384. The average Bonchev–Trinajstić information content (AvgIpc) is 1.86.